The minimum absolute atomic E-state index is 0.0226. The molecule has 1 heterocycles. The third kappa shape index (κ3) is 4.65. The highest BCUT2D eigenvalue weighted by Gasteiger charge is 2.29. The molecule has 0 saturated carbocycles. The standard InChI is InChI=1S/C14H16FNO6S/c1-21-10-2-3-11(12(15)6-10)14(18)22-7-13(17)16-9-4-5-23(19,20)8-9/h2-3,6,9H,4-5,7-8H2,1H3,(H,16,17)/t9-/m1/s1. The van der Waals surface area contributed by atoms with Crippen LogP contribution >= 0.6 is 0 Å². The van der Waals surface area contributed by atoms with Crippen molar-refractivity contribution in [3.8, 4) is 5.75 Å². The van der Waals surface area contributed by atoms with E-state index in [4.69, 9.17) is 9.47 Å². The van der Waals surface area contributed by atoms with Gasteiger partial charge in [-0.25, -0.2) is 17.6 Å². The molecule has 0 bridgehead atoms. The smallest absolute Gasteiger partial charge is 0.341 e. The molecule has 1 aliphatic rings. The summed E-state index contributed by atoms with van der Waals surface area (Å²) in [6, 6.07) is 3.13. The number of methoxy groups -OCH3 is 1. The van der Waals surface area contributed by atoms with E-state index in [0.29, 0.717) is 6.42 Å². The number of sulfone groups is 1. The van der Waals surface area contributed by atoms with Crippen LogP contribution in [0.3, 0.4) is 0 Å². The number of carbonyl (C=O) groups is 2. The van der Waals surface area contributed by atoms with Gasteiger partial charge in [0.15, 0.2) is 16.4 Å². The second kappa shape index (κ2) is 6.95. The third-order valence-electron chi connectivity index (χ3n) is 3.33. The average Bonchev–Trinajstić information content (AvgIpc) is 2.83. The first-order chi connectivity index (χ1) is 10.8. The van der Waals surface area contributed by atoms with E-state index < -0.39 is 40.2 Å². The number of ether oxygens (including phenoxy) is 2. The number of rotatable bonds is 5. The van der Waals surface area contributed by atoms with Crippen molar-refractivity contribution in [1.29, 1.82) is 0 Å². The second-order valence-electron chi connectivity index (χ2n) is 5.09. The summed E-state index contributed by atoms with van der Waals surface area (Å²) in [6.07, 6.45) is 0.328. The highest BCUT2D eigenvalue weighted by atomic mass is 32.2. The topological polar surface area (TPSA) is 98.8 Å². The van der Waals surface area contributed by atoms with Gasteiger partial charge in [0.1, 0.15) is 11.6 Å². The molecule has 1 aromatic rings. The summed E-state index contributed by atoms with van der Waals surface area (Å²) in [4.78, 5) is 23.4. The number of carbonyl (C=O) groups excluding carboxylic acids is 2. The maximum absolute atomic E-state index is 13.7. The Bertz CT molecular complexity index is 718. The van der Waals surface area contributed by atoms with E-state index in [1.165, 1.54) is 19.2 Å². The van der Waals surface area contributed by atoms with Gasteiger partial charge in [-0.05, 0) is 18.6 Å². The van der Waals surface area contributed by atoms with Crippen LogP contribution in [0.4, 0.5) is 4.39 Å². The zero-order chi connectivity index (χ0) is 17.0. The first-order valence-electron chi connectivity index (χ1n) is 6.81. The summed E-state index contributed by atoms with van der Waals surface area (Å²) in [7, 11) is -1.75. The molecular weight excluding hydrogens is 329 g/mol. The molecule has 2 rings (SSSR count). The Morgan fingerprint density at radius 3 is 2.70 bits per heavy atom. The van der Waals surface area contributed by atoms with E-state index in [0.717, 1.165) is 6.07 Å². The van der Waals surface area contributed by atoms with Crippen LogP contribution in [0, 0.1) is 5.82 Å². The molecule has 0 aromatic heterocycles. The van der Waals surface area contributed by atoms with Crippen LogP contribution in [0.25, 0.3) is 0 Å². The molecular formula is C14H16FNO6S. The van der Waals surface area contributed by atoms with Gasteiger partial charge >= 0.3 is 5.97 Å². The zero-order valence-electron chi connectivity index (χ0n) is 12.4. The quantitative estimate of drug-likeness (QED) is 0.771. The molecule has 1 amide bonds. The fourth-order valence-electron chi connectivity index (χ4n) is 2.18. The van der Waals surface area contributed by atoms with Crippen molar-refractivity contribution < 1.29 is 31.9 Å². The van der Waals surface area contributed by atoms with Gasteiger partial charge in [0.05, 0.1) is 24.2 Å². The zero-order valence-corrected chi connectivity index (χ0v) is 13.2. The molecule has 1 aliphatic heterocycles. The van der Waals surface area contributed by atoms with E-state index in [-0.39, 0.29) is 22.8 Å². The minimum Gasteiger partial charge on any atom is -0.497 e. The number of nitrogens with one attached hydrogen (secondary N) is 1. The van der Waals surface area contributed by atoms with Gasteiger partial charge in [0.25, 0.3) is 5.91 Å². The van der Waals surface area contributed by atoms with Gasteiger partial charge in [-0.1, -0.05) is 0 Å². The predicted molar refractivity (Wildman–Crippen MR) is 78.4 cm³/mol. The van der Waals surface area contributed by atoms with Crippen LogP contribution in [0.2, 0.25) is 0 Å². The third-order valence-corrected chi connectivity index (χ3v) is 5.10. The average molecular weight is 345 g/mol. The highest BCUT2D eigenvalue weighted by molar-refractivity contribution is 7.91. The molecule has 126 valence electrons. The molecule has 0 radical (unpaired) electrons. The van der Waals surface area contributed by atoms with Gasteiger partial charge in [-0.15, -0.1) is 0 Å². The minimum atomic E-state index is -3.11. The Balaban J connectivity index is 1.85. The van der Waals surface area contributed by atoms with Crippen molar-refractivity contribution in [2.24, 2.45) is 0 Å². The fourth-order valence-corrected chi connectivity index (χ4v) is 3.85. The Morgan fingerprint density at radius 2 is 2.13 bits per heavy atom. The van der Waals surface area contributed by atoms with E-state index in [9.17, 15) is 22.4 Å². The number of esters is 1. The molecule has 0 aliphatic carbocycles. The van der Waals surface area contributed by atoms with Gasteiger partial charge in [-0.3, -0.25) is 4.79 Å². The van der Waals surface area contributed by atoms with E-state index in [1.54, 1.807) is 0 Å². The van der Waals surface area contributed by atoms with Crippen LogP contribution in [0.1, 0.15) is 16.8 Å². The number of hydrogen-bond donors (Lipinski definition) is 1. The van der Waals surface area contributed by atoms with Gasteiger partial charge < -0.3 is 14.8 Å². The first-order valence-corrected chi connectivity index (χ1v) is 8.63. The summed E-state index contributed by atoms with van der Waals surface area (Å²) in [6.45, 7) is -0.610. The Morgan fingerprint density at radius 1 is 1.39 bits per heavy atom. The van der Waals surface area contributed by atoms with Gasteiger partial charge in [0.2, 0.25) is 0 Å². The largest absolute Gasteiger partial charge is 0.497 e. The van der Waals surface area contributed by atoms with Crippen molar-refractivity contribution in [3.63, 3.8) is 0 Å². The lowest BCUT2D eigenvalue weighted by molar-refractivity contribution is -0.124. The summed E-state index contributed by atoms with van der Waals surface area (Å²) in [5.74, 6) is -2.29. The number of halogens is 1. The van der Waals surface area contributed by atoms with Crippen LogP contribution in [0.15, 0.2) is 18.2 Å². The molecule has 7 nitrogen and oxygen atoms in total. The highest BCUT2D eigenvalue weighted by Crippen LogP contribution is 2.17. The molecule has 1 saturated heterocycles. The summed E-state index contributed by atoms with van der Waals surface area (Å²) < 4.78 is 45.8. The Kier molecular flexibility index (Phi) is 5.19. The molecule has 1 N–H and O–H groups in total. The number of hydrogen-bond acceptors (Lipinski definition) is 6. The van der Waals surface area contributed by atoms with Gasteiger partial charge in [0, 0.05) is 12.1 Å². The van der Waals surface area contributed by atoms with E-state index >= 15 is 0 Å². The molecule has 23 heavy (non-hydrogen) atoms. The molecule has 1 atom stereocenters. The second-order valence-corrected chi connectivity index (χ2v) is 7.32. The van der Waals surface area contributed by atoms with E-state index in [1.807, 2.05) is 0 Å². The molecule has 9 heteroatoms. The Hall–Kier alpha value is -2.16. The van der Waals surface area contributed by atoms with E-state index in [2.05, 4.69) is 5.32 Å². The van der Waals surface area contributed by atoms with Crippen molar-refractivity contribution in [2.75, 3.05) is 25.2 Å². The first kappa shape index (κ1) is 17.2. The SMILES string of the molecule is COc1ccc(C(=O)OCC(=O)N[C@@H]2CCS(=O)(=O)C2)c(F)c1. The Labute approximate surface area is 132 Å². The van der Waals surface area contributed by atoms with Crippen LogP contribution in [0.5, 0.6) is 5.75 Å². The number of amides is 1. The summed E-state index contributed by atoms with van der Waals surface area (Å²) in [5, 5.41) is 2.47. The normalized spacial score (nSPS) is 19.1. The summed E-state index contributed by atoms with van der Waals surface area (Å²) in [5.41, 5.74) is -0.318. The molecule has 1 fully saturated rings. The monoisotopic (exact) mass is 345 g/mol. The van der Waals surface area contributed by atoms with Crippen molar-refractivity contribution in [2.45, 2.75) is 12.5 Å². The fraction of sp³-hybridized carbons (Fsp3) is 0.429. The lowest BCUT2D eigenvalue weighted by atomic mass is 10.2. The number of benzene rings is 1. The lowest BCUT2D eigenvalue weighted by Gasteiger charge is -2.11. The molecule has 0 unspecified atom stereocenters. The molecule has 0 spiro atoms. The predicted octanol–water partition coefficient (Wildman–Crippen LogP) is 0.294. The van der Waals surface area contributed by atoms with Crippen molar-refractivity contribution >= 4 is 21.7 Å². The lowest BCUT2D eigenvalue weighted by Crippen LogP contribution is -2.38. The van der Waals surface area contributed by atoms with Gasteiger partial charge in [-0.2, -0.15) is 0 Å². The van der Waals surface area contributed by atoms with Crippen molar-refractivity contribution in [3.05, 3.63) is 29.6 Å². The van der Waals surface area contributed by atoms with Crippen LogP contribution < -0.4 is 10.1 Å². The maximum Gasteiger partial charge on any atom is 0.341 e. The van der Waals surface area contributed by atoms with Crippen molar-refractivity contribution in [1.82, 2.24) is 5.32 Å². The van der Waals surface area contributed by atoms with Crippen LogP contribution in [-0.2, 0) is 19.4 Å². The maximum atomic E-state index is 13.7. The van der Waals surface area contributed by atoms with Crippen LogP contribution in [-0.4, -0.2) is 51.6 Å². The summed E-state index contributed by atoms with van der Waals surface area (Å²) >= 11 is 0. The molecule has 1 aromatic carbocycles.